The molecule has 1 aliphatic carbocycles. The first-order valence-electron chi connectivity index (χ1n) is 11.9. The van der Waals surface area contributed by atoms with E-state index in [0.717, 1.165) is 37.8 Å². The van der Waals surface area contributed by atoms with E-state index in [-0.39, 0.29) is 35.2 Å². The van der Waals surface area contributed by atoms with Gasteiger partial charge in [0.15, 0.2) is 0 Å². The summed E-state index contributed by atoms with van der Waals surface area (Å²) in [5.74, 6) is -0.632. The molecule has 0 bridgehead atoms. The molecule has 2 atom stereocenters. The molecule has 9 heteroatoms. The van der Waals surface area contributed by atoms with Crippen LogP contribution in [0.25, 0.3) is 11.1 Å². The first kappa shape index (κ1) is 23.4. The van der Waals surface area contributed by atoms with Gasteiger partial charge in [-0.2, -0.15) is 13.2 Å². The maximum Gasteiger partial charge on any atom is 0.416 e. The molecule has 0 spiro atoms. The Morgan fingerprint density at radius 3 is 2.49 bits per heavy atom. The van der Waals surface area contributed by atoms with Gasteiger partial charge < -0.3 is 15.5 Å². The van der Waals surface area contributed by atoms with E-state index < -0.39 is 17.8 Å². The van der Waals surface area contributed by atoms with Crippen molar-refractivity contribution in [3.8, 4) is 11.1 Å². The number of fused-ring (bicyclic) bond motifs is 2. The highest BCUT2D eigenvalue weighted by atomic mass is 19.4. The normalized spacial score (nSPS) is 22.8. The number of piperidine rings is 1. The largest absolute Gasteiger partial charge is 0.416 e. The molecule has 2 fully saturated rings. The fraction of sp³-hybridized carbons (Fsp3) is 0.423. The first-order valence-corrected chi connectivity index (χ1v) is 11.9. The number of hydrogen-bond donors (Lipinski definition) is 2. The summed E-state index contributed by atoms with van der Waals surface area (Å²) < 4.78 is 39.5. The molecule has 0 aromatic heterocycles. The van der Waals surface area contributed by atoms with Crippen molar-refractivity contribution in [2.75, 3.05) is 11.9 Å². The van der Waals surface area contributed by atoms with Crippen LogP contribution in [0.1, 0.15) is 54.4 Å². The zero-order valence-electron chi connectivity index (χ0n) is 19.0. The molecule has 0 unspecified atom stereocenters. The van der Waals surface area contributed by atoms with Gasteiger partial charge in [0.05, 0.1) is 16.8 Å². The monoisotopic (exact) mass is 485 g/mol. The van der Waals surface area contributed by atoms with Gasteiger partial charge in [-0.15, -0.1) is 0 Å². The Bertz CT molecular complexity index is 1170. The topological polar surface area (TPSA) is 78.5 Å². The van der Waals surface area contributed by atoms with E-state index in [9.17, 15) is 27.6 Å². The Morgan fingerprint density at radius 1 is 1.00 bits per heavy atom. The standard InChI is InChI=1S/C26H26F3N3O3/c27-26(28,29)18-7-3-6-16(12-18)17-8-9-21-20(13-17)25(35)32-11-10-19(14-22(32)24(34)31-21)30-23(33)15-4-1-2-5-15/h3,6-9,12-13,15,19,22H,1-2,4-5,10-11,14H2,(H,30,33)(H,31,34)/t19-,22-/m0/s1. The third-order valence-corrected chi connectivity index (χ3v) is 7.27. The molecular formula is C26H26F3N3O3. The van der Waals surface area contributed by atoms with Crippen LogP contribution < -0.4 is 10.6 Å². The lowest BCUT2D eigenvalue weighted by Gasteiger charge is -2.37. The Kier molecular flexibility index (Phi) is 6.02. The smallest absolute Gasteiger partial charge is 0.353 e. The molecular weight excluding hydrogens is 459 g/mol. The average Bonchev–Trinajstić information content (AvgIpc) is 3.36. The summed E-state index contributed by atoms with van der Waals surface area (Å²) in [5, 5.41) is 5.87. The van der Waals surface area contributed by atoms with Gasteiger partial charge in [0.25, 0.3) is 5.91 Å². The Morgan fingerprint density at radius 2 is 1.74 bits per heavy atom. The fourth-order valence-electron chi connectivity index (χ4n) is 5.35. The van der Waals surface area contributed by atoms with Crippen LogP contribution >= 0.6 is 0 Å². The van der Waals surface area contributed by atoms with Gasteiger partial charge in [-0.05, 0) is 61.1 Å². The van der Waals surface area contributed by atoms with Crippen LogP contribution in [0, 0.1) is 5.92 Å². The summed E-state index contributed by atoms with van der Waals surface area (Å²) in [6, 6.07) is 8.69. The zero-order valence-corrected chi connectivity index (χ0v) is 19.0. The number of amides is 3. The SMILES string of the molecule is O=C(N[C@H]1CCN2C(=O)c3cc(-c4cccc(C(F)(F)F)c4)ccc3NC(=O)[C@@H]2C1)C1CCCC1. The lowest BCUT2D eigenvalue weighted by atomic mass is 9.95. The molecule has 6 nitrogen and oxygen atoms in total. The minimum Gasteiger partial charge on any atom is -0.353 e. The van der Waals surface area contributed by atoms with Crippen LogP contribution in [0.4, 0.5) is 18.9 Å². The van der Waals surface area contributed by atoms with Crippen molar-refractivity contribution >= 4 is 23.4 Å². The number of halogens is 3. The van der Waals surface area contributed by atoms with E-state index >= 15 is 0 Å². The van der Waals surface area contributed by atoms with Gasteiger partial charge in [-0.25, -0.2) is 0 Å². The molecule has 5 rings (SSSR count). The molecule has 1 saturated carbocycles. The van der Waals surface area contributed by atoms with Crippen molar-refractivity contribution in [3.63, 3.8) is 0 Å². The summed E-state index contributed by atoms with van der Waals surface area (Å²) in [6.07, 6.45) is 0.262. The molecule has 3 aliphatic rings. The van der Waals surface area contributed by atoms with Crippen LogP contribution in [0.15, 0.2) is 42.5 Å². The quantitative estimate of drug-likeness (QED) is 0.667. The van der Waals surface area contributed by atoms with Gasteiger partial charge in [-0.1, -0.05) is 31.0 Å². The van der Waals surface area contributed by atoms with Crippen LogP contribution in [0.5, 0.6) is 0 Å². The van der Waals surface area contributed by atoms with Gasteiger partial charge >= 0.3 is 6.18 Å². The number of hydrogen-bond acceptors (Lipinski definition) is 3. The molecule has 2 N–H and O–H groups in total. The fourth-order valence-corrected chi connectivity index (χ4v) is 5.35. The summed E-state index contributed by atoms with van der Waals surface area (Å²) in [7, 11) is 0. The molecule has 2 aromatic rings. The van der Waals surface area contributed by atoms with E-state index in [2.05, 4.69) is 10.6 Å². The van der Waals surface area contributed by atoms with Crippen LogP contribution in [0.3, 0.4) is 0 Å². The number of benzene rings is 2. The number of carbonyl (C=O) groups excluding carboxylic acids is 3. The molecule has 2 heterocycles. The van der Waals surface area contributed by atoms with E-state index in [1.54, 1.807) is 18.2 Å². The zero-order chi connectivity index (χ0) is 24.7. The highest BCUT2D eigenvalue weighted by Gasteiger charge is 2.41. The maximum atomic E-state index is 13.4. The molecule has 1 saturated heterocycles. The van der Waals surface area contributed by atoms with Crippen LogP contribution in [0.2, 0.25) is 0 Å². The maximum absolute atomic E-state index is 13.4. The lowest BCUT2D eigenvalue weighted by molar-refractivity contribution is -0.137. The van der Waals surface area contributed by atoms with Crippen molar-refractivity contribution in [2.45, 2.75) is 56.8 Å². The predicted octanol–water partition coefficient (Wildman–Crippen LogP) is 4.60. The van der Waals surface area contributed by atoms with Gasteiger partial charge in [0.1, 0.15) is 6.04 Å². The second kappa shape index (κ2) is 9.02. The van der Waals surface area contributed by atoms with Crippen LogP contribution in [-0.4, -0.2) is 41.2 Å². The van der Waals surface area contributed by atoms with Crippen molar-refractivity contribution in [3.05, 3.63) is 53.6 Å². The second-order valence-electron chi connectivity index (χ2n) is 9.55. The van der Waals surface area contributed by atoms with Gasteiger partial charge in [-0.3, -0.25) is 14.4 Å². The number of carbonyl (C=O) groups is 3. The molecule has 35 heavy (non-hydrogen) atoms. The van der Waals surface area contributed by atoms with E-state index in [0.29, 0.717) is 36.2 Å². The summed E-state index contributed by atoms with van der Waals surface area (Å²) in [5.41, 5.74) is 0.581. The van der Waals surface area contributed by atoms with E-state index in [1.807, 2.05) is 0 Å². The second-order valence-corrected chi connectivity index (χ2v) is 9.55. The number of alkyl halides is 3. The first-order chi connectivity index (χ1) is 16.7. The highest BCUT2D eigenvalue weighted by Crippen LogP contribution is 2.35. The molecule has 2 aromatic carbocycles. The number of nitrogens with one attached hydrogen (secondary N) is 2. The minimum atomic E-state index is -4.48. The Hall–Kier alpha value is -3.36. The molecule has 3 amide bonds. The molecule has 2 aliphatic heterocycles. The predicted molar refractivity (Wildman–Crippen MR) is 123 cm³/mol. The third-order valence-electron chi connectivity index (χ3n) is 7.27. The average molecular weight is 486 g/mol. The summed E-state index contributed by atoms with van der Waals surface area (Å²) >= 11 is 0. The van der Waals surface area contributed by atoms with Crippen molar-refractivity contribution in [1.82, 2.24) is 10.2 Å². The Labute approximate surface area is 200 Å². The molecule has 184 valence electrons. The van der Waals surface area contributed by atoms with Gasteiger partial charge in [0, 0.05) is 18.5 Å². The summed E-state index contributed by atoms with van der Waals surface area (Å²) in [4.78, 5) is 40.5. The van der Waals surface area contributed by atoms with Crippen molar-refractivity contribution < 1.29 is 27.6 Å². The molecule has 0 radical (unpaired) electrons. The van der Waals surface area contributed by atoms with Crippen molar-refractivity contribution in [2.24, 2.45) is 5.92 Å². The summed E-state index contributed by atoms with van der Waals surface area (Å²) in [6.45, 7) is 0.305. The van der Waals surface area contributed by atoms with E-state index in [4.69, 9.17) is 0 Å². The highest BCUT2D eigenvalue weighted by molar-refractivity contribution is 6.10. The van der Waals surface area contributed by atoms with E-state index in [1.165, 1.54) is 17.0 Å². The van der Waals surface area contributed by atoms with Crippen LogP contribution in [-0.2, 0) is 15.8 Å². The number of anilines is 1. The minimum absolute atomic E-state index is 0.0234. The third kappa shape index (κ3) is 4.63. The number of rotatable bonds is 3. The lowest BCUT2D eigenvalue weighted by Crippen LogP contribution is -2.55. The van der Waals surface area contributed by atoms with Crippen molar-refractivity contribution in [1.29, 1.82) is 0 Å². The number of nitrogens with zero attached hydrogens (tertiary/aromatic N) is 1. The van der Waals surface area contributed by atoms with Gasteiger partial charge in [0.2, 0.25) is 11.8 Å². The Balaban J connectivity index is 1.37.